The highest BCUT2D eigenvalue weighted by atomic mass is 16.7. The third kappa shape index (κ3) is 8.06. The second kappa shape index (κ2) is 14.7. The van der Waals surface area contributed by atoms with Crippen molar-refractivity contribution in [2.45, 2.75) is 77.4 Å². The van der Waals surface area contributed by atoms with E-state index in [-0.39, 0.29) is 0 Å². The molecule has 0 spiro atoms. The summed E-state index contributed by atoms with van der Waals surface area (Å²) in [5.41, 5.74) is 1.10. The van der Waals surface area contributed by atoms with Crippen molar-refractivity contribution in [1.29, 1.82) is 0 Å². The molecule has 0 N–H and O–H groups in total. The second-order valence-electron chi connectivity index (χ2n) is 7.18. The Balaban J connectivity index is 2.78. The molecule has 1 aromatic carbocycles. The van der Waals surface area contributed by atoms with Crippen molar-refractivity contribution < 1.29 is 14.2 Å². The average Bonchev–Trinajstić information content (AvgIpc) is 2.71. The van der Waals surface area contributed by atoms with Gasteiger partial charge in [-0.25, -0.2) is 0 Å². The fraction of sp³-hybridized carbons (Fsp3) is 0.667. The lowest BCUT2D eigenvalue weighted by Crippen LogP contribution is -2.39. The molecule has 3 nitrogen and oxygen atoms in total. The molecule has 1 unspecified atom stereocenters. The summed E-state index contributed by atoms with van der Waals surface area (Å²) in [6.45, 7) is 4.96. The van der Waals surface area contributed by atoms with E-state index in [1.54, 1.807) is 20.5 Å². The highest BCUT2D eigenvalue weighted by Crippen LogP contribution is 2.40. The van der Waals surface area contributed by atoms with E-state index >= 15 is 0 Å². The summed E-state index contributed by atoms with van der Waals surface area (Å²) in [6, 6.07) is 10.4. The van der Waals surface area contributed by atoms with Crippen LogP contribution in [0.2, 0.25) is 0 Å². The van der Waals surface area contributed by atoms with Crippen LogP contribution in [-0.2, 0) is 20.0 Å². The van der Waals surface area contributed by atoms with Gasteiger partial charge in [0.15, 0.2) is 5.79 Å². The first-order chi connectivity index (χ1) is 13.2. The predicted molar refractivity (Wildman–Crippen MR) is 114 cm³/mol. The Kier molecular flexibility index (Phi) is 12.9. The van der Waals surface area contributed by atoms with Crippen LogP contribution in [0.15, 0.2) is 42.7 Å². The molecule has 1 atom stereocenters. The van der Waals surface area contributed by atoms with Crippen molar-refractivity contribution in [3.63, 3.8) is 0 Å². The van der Waals surface area contributed by atoms with Crippen LogP contribution in [0.25, 0.3) is 0 Å². The maximum Gasteiger partial charge on any atom is 0.197 e. The third-order valence-corrected chi connectivity index (χ3v) is 5.27. The standard InChI is InChI=1S/C24H40O3/c1-5-7-8-9-10-12-16-23(19-15-21-27-20-6-2)24(25-3,26-4)22-17-13-11-14-18-22/h6,11,13-14,17-18,20,23H,5,7-10,12,15-16,19,21H2,1-4H3. The van der Waals surface area contributed by atoms with E-state index in [4.69, 9.17) is 14.2 Å². The molecule has 0 aliphatic carbocycles. The van der Waals surface area contributed by atoms with Crippen LogP contribution in [0.3, 0.4) is 0 Å². The monoisotopic (exact) mass is 376 g/mol. The van der Waals surface area contributed by atoms with Crippen molar-refractivity contribution in [2.75, 3.05) is 20.8 Å². The van der Waals surface area contributed by atoms with Gasteiger partial charge in [0.1, 0.15) is 0 Å². The van der Waals surface area contributed by atoms with E-state index in [1.165, 1.54) is 38.5 Å². The van der Waals surface area contributed by atoms with Gasteiger partial charge in [0.2, 0.25) is 0 Å². The molecular formula is C24H40O3. The van der Waals surface area contributed by atoms with E-state index in [2.05, 4.69) is 31.2 Å². The SMILES string of the molecule is CC=COCCCC(CCCCCCCC)C(OC)(OC)c1ccccc1. The molecule has 1 rings (SSSR count). The molecule has 0 aromatic heterocycles. The number of hydrogen-bond donors (Lipinski definition) is 0. The van der Waals surface area contributed by atoms with Gasteiger partial charge in [0.25, 0.3) is 0 Å². The van der Waals surface area contributed by atoms with Crippen LogP contribution in [0.4, 0.5) is 0 Å². The molecule has 27 heavy (non-hydrogen) atoms. The zero-order chi connectivity index (χ0) is 19.8. The van der Waals surface area contributed by atoms with E-state index < -0.39 is 5.79 Å². The second-order valence-corrected chi connectivity index (χ2v) is 7.18. The van der Waals surface area contributed by atoms with Gasteiger partial charge in [-0.05, 0) is 26.2 Å². The summed E-state index contributed by atoms with van der Waals surface area (Å²) in [5, 5.41) is 0. The Morgan fingerprint density at radius 1 is 0.889 bits per heavy atom. The molecule has 0 saturated carbocycles. The molecule has 154 valence electrons. The first-order valence-electron chi connectivity index (χ1n) is 10.6. The topological polar surface area (TPSA) is 27.7 Å². The van der Waals surface area contributed by atoms with E-state index in [1.807, 2.05) is 19.1 Å². The molecule has 3 heteroatoms. The molecule has 0 saturated heterocycles. The van der Waals surface area contributed by atoms with E-state index in [0.29, 0.717) is 5.92 Å². The largest absolute Gasteiger partial charge is 0.502 e. The summed E-state index contributed by atoms with van der Waals surface area (Å²) in [7, 11) is 3.53. The quantitative estimate of drug-likeness (QED) is 0.180. The van der Waals surface area contributed by atoms with Crippen molar-refractivity contribution in [1.82, 2.24) is 0 Å². The minimum Gasteiger partial charge on any atom is -0.502 e. The summed E-state index contributed by atoms with van der Waals surface area (Å²) < 4.78 is 17.6. The Morgan fingerprint density at radius 3 is 2.15 bits per heavy atom. The Bertz CT molecular complexity index is 480. The van der Waals surface area contributed by atoms with Gasteiger partial charge in [-0.15, -0.1) is 0 Å². The van der Waals surface area contributed by atoms with Crippen molar-refractivity contribution in [3.05, 3.63) is 48.2 Å². The van der Waals surface area contributed by atoms with Gasteiger partial charge in [-0.2, -0.15) is 0 Å². The maximum atomic E-state index is 6.03. The van der Waals surface area contributed by atoms with Crippen molar-refractivity contribution >= 4 is 0 Å². The fourth-order valence-corrected chi connectivity index (χ4v) is 3.83. The number of rotatable bonds is 16. The van der Waals surface area contributed by atoms with Crippen LogP contribution in [0, 0.1) is 5.92 Å². The highest BCUT2D eigenvalue weighted by molar-refractivity contribution is 5.21. The predicted octanol–water partition coefficient (Wildman–Crippen LogP) is 6.83. The van der Waals surface area contributed by atoms with Gasteiger partial charge in [-0.1, -0.05) is 81.9 Å². The van der Waals surface area contributed by atoms with Crippen LogP contribution in [-0.4, -0.2) is 20.8 Å². The zero-order valence-electron chi connectivity index (χ0n) is 17.9. The zero-order valence-corrected chi connectivity index (χ0v) is 17.9. The van der Waals surface area contributed by atoms with Crippen molar-refractivity contribution in [3.8, 4) is 0 Å². The van der Waals surface area contributed by atoms with Gasteiger partial charge >= 0.3 is 0 Å². The number of methoxy groups -OCH3 is 2. The van der Waals surface area contributed by atoms with Gasteiger partial charge in [-0.3, -0.25) is 0 Å². The van der Waals surface area contributed by atoms with Gasteiger partial charge in [0, 0.05) is 25.7 Å². The maximum absolute atomic E-state index is 6.03. The van der Waals surface area contributed by atoms with Gasteiger partial charge in [0.05, 0.1) is 12.9 Å². The number of benzene rings is 1. The summed E-state index contributed by atoms with van der Waals surface area (Å²) in [4.78, 5) is 0. The van der Waals surface area contributed by atoms with E-state index in [0.717, 1.165) is 31.4 Å². The lowest BCUT2D eigenvalue weighted by atomic mass is 9.83. The molecular weight excluding hydrogens is 336 g/mol. The summed E-state index contributed by atoms with van der Waals surface area (Å²) in [6.07, 6.45) is 14.6. The van der Waals surface area contributed by atoms with Crippen LogP contribution >= 0.6 is 0 Å². The molecule has 0 radical (unpaired) electrons. The summed E-state index contributed by atoms with van der Waals surface area (Å²) >= 11 is 0. The summed E-state index contributed by atoms with van der Waals surface area (Å²) in [5.74, 6) is -0.388. The molecule has 1 aromatic rings. The smallest absolute Gasteiger partial charge is 0.197 e. The molecule has 0 bridgehead atoms. The Labute approximate surface area is 167 Å². The van der Waals surface area contributed by atoms with Crippen LogP contribution in [0.5, 0.6) is 0 Å². The number of hydrogen-bond acceptors (Lipinski definition) is 3. The number of unbranched alkanes of at least 4 members (excludes halogenated alkanes) is 5. The van der Waals surface area contributed by atoms with Crippen LogP contribution < -0.4 is 0 Å². The van der Waals surface area contributed by atoms with E-state index in [9.17, 15) is 0 Å². The number of ether oxygens (including phenoxy) is 3. The van der Waals surface area contributed by atoms with Crippen molar-refractivity contribution in [2.24, 2.45) is 5.92 Å². The molecule has 0 aliphatic rings. The first kappa shape index (κ1) is 23.7. The highest BCUT2D eigenvalue weighted by Gasteiger charge is 2.40. The molecule has 0 aliphatic heterocycles. The molecule has 0 heterocycles. The third-order valence-electron chi connectivity index (χ3n) is 5.27. The average molecular weight is 377 g/mol. The first-order valence-corrected chi connectivity index (χ1v) is 10.6. The lowest BCUT2D eigenvalue weighted by molar-refractivity contribution is -0.253. The molecule has 0 fully saturated rings. The Hall–Kier alpha value is -1.32. The van der Waals surface area contributed by atoms with Crippen LogP contribution in [0.1, 0.15) is 77.2 Å². The van der Waals surface area contributed by atoms with Gasteiger partial charge < -0.3 is 14.2 Å². The molecule has 0 amide bonds. The minimum absolute atomic E-state index is 0.301. The fourth-order valence-electron chi connectivity index (χ4n) is 3.83. The normalized spacial score (nSPS) is 13.2. The lowest BCUT2D eigenvalue weighted by Gasteiger charge is -2.39. The minimum atomic E-state index is -0.689. The Morgan fingerprint density at radius 2 is 1.52 bits per heavy atom. The number of allylic oxidation sites excluding steroid dienone is 1.